The number of aryl methyl sites for hydroxylation is 2. The Morgan fingerprint density at radius 2 is 2.15 bits per heavy atom. The number of primary amides is 1. The van der Waals surface area contributed by atoms with Crippen LogP contribution in [0.15, 0.2) is 29.3 Å². The number of rotatable bonds is 4. The third kappa shape index (κ3) is 3.02. The third-order valence-corrected chi connectivity index (χ3v) is 6.00. The van der Waals surface area contributed by atoms with Crippen LogP contribution in [0.1, 0.15) is 32.8 Å². The van der Waals surface area contributed by atoms with E-state index in [9.17, 15) is 14.4 Å². The zero-order valence-corrected chi connectivity index (χ0v) is 15.6. The van der Waals surface area contributed by atoms with Crippen molar-refractivity contribution in [3.05, 3.63) is 56.4 Å². The molecule has 4 rings (SSSR count). The number of anilines is 1. The number of aromatic nitrogens is 2. The minimum atomic E-state index is -0.537. The Kier molecular flexibility index (Phi) is 4.27. The van der Waals surface area contributed by atoms with Crippen LogP contribution in [0, 0.1) is 6.92 Å². The molecular weight excluding hydrogens is 364 g/mol. The van der Waals surface area contributed by atoms with Crippen molar-refractivity contribution in [2.24, 2.45) is 5.73 Å². The van der Waals surface area contributed by atoms with Crippen molar-refractivity contribution in [1.82, 2.24) is 9.55 Å². The molecule has 0 saturated carbocycles. The van der Waals surface area contributed by atoms with Gasteiger partial charge in [-0.05, 0) is 43.4 Å². The van der Waals surface area contributed by atoms with E-state index in [2.05, 4.69) is 10.3 Å². The average molecular weight is 382 g/mol. The van der Waals surface area contributed by atoms with Gasteiger partial charge in [0.1, 0.15) is 11.5 Å². The first-order chi connectivity index (χ1) is 13.0. The van der Waals surface area contributed by atoms with Crippen LogP contribution >= 0.6 is 11.3 Å². The third-order valence-electron chi connectivity index (χ3n) is 4.79. The molecule has 27 heavy (non-hydrogen) atoms. The normalized spacial score (nSPS) is 12.9. The van der Waals surface area contributed by atoms with Gasteiger partial charge in [0, 0.05) is 4.88 Å². The van der Waals surface area contributed by atoms with E-state index in [4.69, 9.17) is 5.73 Å². The van der Waals surface area contributed by atoms with Gasteiger partial charge in [-0.25, -0.2) is 4.98 Å². The molecule has 0 bridgehead atoms. The molecule has 0 fully saturated rings. The largest absolute Gasteiger partial charge is 0.365 e. The molecule has 2 heterocycles. The number of hydrogen-bond acceptors (Lipinski definition) is 5. The molecule has 1 aliphatic rings. The summed E-state index contributed by atoms with van der Waals surface area (Å²) in [7, 11) is 0. The molecule has 0 saturated heterocycles. The summed E-state index contributed by atoms with van der Waals surface area (Å²) in [4.78, 5) is 42.3. The van der Waals surface area contributed by atoms with Gasteiger partial charge in [-0.15, -0.1) is 11.3 Å². The van der Waals surface area contributed by atoms with Crippen LogP contribution in [0.3, 0.4) is 0 Å². The van der Waals surface area contributed by atoms with Crippen molar-refractivity contribution < 1.29 is 9.59 Å². The number of nitrogens with one attached hydrogen (secondary N) is 1. The number of carbonyl (C=O) groups excluding carboxylic acids is 2. The topological polar surface area (TPSA) is 107 Å². The Morgan fingerprint density at radius 3 is 2.93 bits per heavy atom. The van der Waals surface area contributed by atoms with E-state index in [0.29, 0.717) is 21.5 Å². The number of nitrogens with zero attached hydrogens (tertiary/aromatic N) is 2. The van der Waals surface area contributed by atoms with Crippen LogP contribution in [0.4, 0.5) is 5.00 Å². The lowest BCUT2D eigenvalue weighted by atomic mass is 10.1. The molecule has 0 atom stereocenters. The summed E-state index contributed by atoms with van der Waals surface area (Å²) in [6, 6.07) is 5.37. The highest BCUT2D eigenvalue weighted by molar-refractivity contribution is 7.17. The van der Waals surface area contributed by atoms with Crippen molar-refractivity contribution in [2.75, 3.05) is 5.32 Å². The second-order valence-electron chi connectivity index (χ2n) is 6.62. The molecule has 2 amide bonds. The highest BCUT2D eigenvalue weighted by atomic mass is 32.1. The van der Waals surface area contributed by atoms with Crippen LogP contribution < -0.4 is 16.6 Å². The van der Waals surface area contributed by atoms with Gasteiger partial charge in [-0.1, -0.05) is 12.1 Å². The van der Waals surface area contributed by atoms with Crippen molar-refractivity contribution in [1.29, 1.82) is 0 Å². The number of para-hydroxylation sites is 1. The highest BCUT2D eigenvalue weighted by Gasteiger charge is 2.26. The Balaban J connectivity index is 1.61. The number of hydrogen-bond donors (Lipinski definition) is 2. The summed E-state index contributed by atoms with van der Waals surface area (Å²) < 4.78 is 1.27. The van der Waals surface area contributed by atoms with E-state index in [-0.39, 0.29) is 12.1 Å². The number of benzene rings is 1. The summed E-state index contributed by atoms with van der Waals surface area (Å²) in [6.45, 7) is 1.70. The van der Waals surface area contributed by atoms with Gasteiger partial charge in [-0.2, -0.15) is 0 Å². The molecule has 3 aromatic rings. The van der Waals surface area contributed by atoms with Gasteiger partial charge in [0.2, 0.25) is 5.91 Å². The van der Waals surface area contributed by atoms with Gasteiger partial charge >= 0.3 is 0 Å². The van der Waals surface area contributed by atoms with E-state index in [1.807, 2.05) is 13.0 Å². The predicted octanol–water partition coefficient (Wildman–Crippen LogP) is 1.99. The Labute approximate surface area is 158 Å². The fraction of sp³-hybridized carbons (Fsp3) is 0.263. The minimum Gasteiger partial charge on any atom is -0.365 e. The summed E-state index contributed by atoms with van der Waals surface area (Å²) in [5.74, 6) is -0.932. The SMILES string of the molecule is Cc1cccc2c(=O)n(CC(=O)Nc3sc4c(c3C(N)=O)CCC4)cnc12. The zero-order valence-electron chi connectivity index (χ0n) is 14.7. The first kappa shape index (κ1) is 17.4. The summed E-state index contributed by atoms with van der Waals surface area (Å²) >= 11 is 1.39. The smallest absolute Gasteiger partial charge is 0.261 e. The standard InChI is InChI=1S/C19H18N4O3S/c1-10-4-2-6-12-16(10)21-9-23(19(12)26)8-14(24)22-18-15(17(20)25)11-5-3-7-13(11)27-18/h2,4,6,9H,3,5,7-8H2,1H3,(H2,20,25)(H,22,24). The molecule has 1 aromatic carbocycles. The summed E-state index contributed by atoms with van der Waals surface area (Å²) in [6.07, 6.45) is 4.06. The lowest BCUT2D eigenvalue weighted by Crippen LogP contribution is -2.28. The summed E-state index contributed by atoms with van der Waals surface area (Å²) in [5, 5.41) is 3.69. The molecule has 1 aliphatic carbocycles. The Hall–Kier alpha value is -3.00. The van der Waals surface area contributed by atoms with Crippen LogP contribution in [-0.2, 0) is 24.2 Å². The summed E-state index contributed by atoms with van der Waals surface area (Å²) in [5.41, 5.74) is 8.12. The van der Waals surface area contributed by atoms with E-state index >= 15 is 0 Å². The Morgan fingerprint density at radius 1 is 1.33 bits per heavy atom. The van der Waals surface area contributed by atoms with Crippen molar-refractivity contribution in [2.45, 2.75) is 32.7 Å². The van der Waals surface area contributed by atoms with Crippen LogP contribution in [0.25, 0.3) is 10.9 Å². The average Bonchev–Trinajstić information content (AvgIpc) is 3.18. The number of nitrogens with two attached hydrogens (primary N) is 1. The first-order valence-corrected chi connectivity index (χ1v) is 9.46. The Bertz CT molecular complexity index is 1150. The molecule has 8 heteroatoms. The lowest BCUT2D eigenvalue weighted by Gasteiger charge is -2.09. The maximum atomic E-state index is 12.6. The molecule has 0 unspecified atom stereocenters. The van der Waals surface area contributed by atoms with Crippen LogP contribution in [0.2, 0.25) is 0 Å². The quantitative estimate of drug-likeness (QED) is 0.719. The number of carbonyl (C=O) groups is 2. The van der Waals surface area contributed by atoms with E-state index in [0.717, 1.165) is 35.3 Å². The lowest BCUT2D eigenvalue weighted by molar-refractivity contribution is -0.116. The maximum Gasteiger partial charge on any atom is 0.261 e. The molecular formula is C19H18N4O3S. The van der Waals surface area contributed by atoms with Gasteiger partial charge < -0.3 is 11.1 Å². The van der Waals surface area contributed by atoms with Gasteiger partial charge in [-0.3, -0.25) is 19.0 Å². The number of thiophene rings is 1. The van der Waals surface area contributed by atoms with Gasteiger partial charge in [0.15, 0.2) is 0 Å². The maximum absolute atomic E-state index is 12.6. The molecule has 3 N–H and O–H groups in total. The fourth-order valence-corrected chi connectivity index (χ4v) is 4.83. The molecule has 0 radical (unpaired) electrons. The van der Waals surface area contributed by atoms with Gasteiger partial charge in [0.25, 0.3) is 11.5 Å². The van der Waals surface area contributed by atoms with E-state index in [1.54, 1.807) is 12.1 Å². The van der Waals surface area contributed by atoms with E-state index < -0.39 is 11.8 Å². The fourth-order valence-electron chi connectivity index (χ4n) is 3.52. The predicted molar refractivity (Wildman–Crippen MR) is 104 cm³/mol. The van der Waals surface area contributed by atoms with Crippen LogP contribution in [-0.4, -0.2) is 21.4 Å². The molecule has 138 valence electrons. The zero-order chi connectivity index (χ0) is 19.1. The molecule has 0 spiro atoms. The van der Waals surface area contributed by atoms with Crippen molar-refractivity contribution >= 4 is 39.1 Å². The van der Waals surface area contributed by atoms with Crippen molar-refractivity contribution in [3.63, 3.8) is 0 Å². The van der Waals surface area contributed by atoms with Crippen molar-refractivity contribution in [3.8, 4) is 0 Å². The number of fused-ring (bicyclic) bond motifs is 2. The molecule has 7 nitrogen and oxygen atoms in total. The van der Waals surface area contributed by atoms with E-state index in [1.165, 1.54) is 22.2 Å². The molecule has 0 aliphatic heterocycles. The highest BCUT2D eigenvalue weighted by Crippen LogP contribution is 2.38. The molecule has 2 aromatic heterocycles. The second-order valence-corrected chi connectivity index (χ2v) is 7.73. The van der Waals surface area contributed by atoms with Gasteiger partial charge in [0.05, 0.1) is 22.8 Å². The van der Waals surface area contributed by atoms with Crippen LogP contribution in [0.5, 0.6) is 0 Å². The minimum absolute atomic E-state index is 0.184. The first-order valence-electron chi connectivity index (χ1n) is 8.64. The second kappa shape index (κ2) is 6.62. The monoisotopic (exact) mass is 382 g/mol. The number of amides is 2.